The van der Waals surface area contributed by atoms with Crippen molar-refractivity contribution in [1.29, 1.82) is 0 Å². The summed E-state index contributed by atoms with van der Waals surface area (Å²) in [6, 6.07) is 8.65. The first-order valence-corrected chi connectivity index (χ1v) is 8.77. The van der Waals surface area contributed by atoms with Crippen molar-refractivity contribution in [1.82, 2.24) is 9.21 Å². The van der Waals surface area contributed by atoms with Crippen molar-refractivity contribution >= 4 is 27.0 Å². The minimum atomic E-state index is -3.59. The van der Waals surface area contributed by atoms with Crippen LogP contribution in [0.3, 0.4) is 0 Å². The Morgan fingerprint density at radius 3 is 2.30 bits per heavy atom. The van der Waals surface area contributed by atoms with E-state index in [-0.39, 0.29) is 19.0 Å². The highest BCUT2D eigenvalue weighted by Crippen LogP contribution is 2.13. The number of hydrogen-bond donors (Lipinski definition) is 1. The molecule has 0 aliphatic carbocycles. The Hall–Kier alpha value is -1.00. The Morgan fingerprint density at radius 2 is 1.75 bits per heavy atom. The number of hydrogen-bond acceptors (Lipinski definition) is 5. The van der Waals surface area contributed by atoms with Gasteiger partial charge in [0, 0.05) is 31.9 Å². The molecule has 7 nitrogen and oxygen atoms in total. The lowest BCUT2D eigenvalue weighted by molar-refractivity contribution is 0.211. The molecule has 1 N–H and O–H groups in total. The highest BCUT2D eigenvalue weighted by molar-refractivity contribution is 7.90. The average Bonchev–Trinajstić information content (AvgIpc) is 2.39. The van der Waals surface area contributed by atoms with Crippen molar-refractivity contribution < 1.29 is 17.2 Å². The molecule has 0 amide bonds. The minimum absolute atomic E-state index is 0.0556. The predicted molar refractivity (Wildman–Crippen MR) is 75.9 cm³/mol. The summed E-state index contributed by atoms with van der Waals surface area (Å²) in [5, 5.41) is 0. The van der Waals surface area contributed by atoms with E-state index in [0.29, 0.717) is 18.8 Å². The fraction of sp³-hybridized carbons (Fsp3) is 0.455. The first-order chi connectivity index (χ1) is 9.47. The van der Waals surface area contributed by atoms with Gasteiger partial charge >= 0.3 is 10.2 Å². The van der Waals surface area contributed by atoms with Crippen LogP contribution in [0.4, 0.5) is 5.69 Å². The van der Waals surface area contributed by atoms with Crippen LogP contribution in [-0.2, 0) is 21.3 Å². The highest BCUT2D eigenvalue weighted by atomic mass is 32.2. The molecule has 0 aromatic heterocycles. The molecular weight excluding hydrogens is 302 g/mol. The Kier molecular flexibility index (Phi) is 5.11. The van der Waals surface area contributed by atoms with Gasteiger partial charge in [0.25, 0.3) is 0 Å². The van der Waals surface area contributed by atoms with Gasteiger partial charge in [-0.1, -0.05) is 18.2 Å². The van der Waals surface area contributed by atoms with E-state index in [2.05, 4.69) is 4.72 Å². The second kappa shape index (κ2) is 6.64. The second-order valence-corrected chi connectivity index (χ2v) is 6.96. The van der Waals surface area contributed by atoms with E-state index in [1.807, 2.05) is 0 Å². The van der Waals surface area contributed by atoms with E-state index in [1.165, 1.54) is 4.31 Å². The molecule has 0 bridgehead atoms. The number of nitrogens with one attached hydrogen (secondary N) is 1. The summed E-state index contributed by atoms with van der Waals surface area (Å²) in [5.41, 5.74) is 0.510. The van der Waals surface area contributed by atoms with Crippen molar-refractivity contribution in [2.75, 3.05) is 36.8 Å². The lowest BCUT2D eigenvalue weighted by Crippen LogP contribution is -2.50. The fourth-order valence-electron chi connectivity index (χ4n) is 1.97. The molecule has 0 radical (unpaired) electrons. The number of piperazine rings is 1. The molecule has 1 heterocycles. The van der Waals surface area contributed by atoms with Crippen LogP contribution < -0.4 is 4.72 Å². The van der Waals surface area contributed by atoms with Crippen LogP contribution >= 0.6 is 0 Å². The van der Waals surface area contributed by atoms with Crippen molar-refractivity contribution in [2.24, 2.45) is 0 Å². The number of para-hydroxylation sites is 1. The summed E-state index contributed by atoms with van der Waals surface area (Å²) in [6.07, 6.45) is 0. The molecular formula is C11H16N3O4S2-. The van der Waals surface area contributed by atoms with Gasteiger partial charge in [-0.25, -0.2) is 0 Å². The zero-order valence-electron chi connectivity index (χ0n) is 10.8. The Morgan fingerprint density at radius 1 is 1.15 bits per heavy atom. The van der Waals surface area contributed by atoms with Crippen molar-refractivity contribution in [3.05, 3.63) is 30.3 Å². The summed E-state index contributed by atoms with van der Waals surface area (Å²) in [4.78, 5) is 1.71. The third-order valence-corrected chi connectivity index (χ3v) is 5.09. The van der Waals surface area contributed by atoms with Crippen LogP contribution in [0, 0.1) is 0 Å². The lowest BCUT2D eigenvalue weighted by atomic mass is 10.3. The molecule has 2 rings (SSSR count). The van der Waals surface area contributed by atoms with E-state index in [1.54, 1.807) is 35.2 Å². The van der Waals surface area contributed by atoms with E-state index in [9.17, 15) is 17.2 Å². The molecule has 1 aromatic rings. The summed E-state index contributed by atoms with van der Waals surface area (Å²) in [6.45, 7) is 1.37. The van der Waals surface area contributed by atoms with Crippen molar-refractivity contribution in [3.63, 3.8) is 0 Å². The van der Waals surface area contributed by atoms with Crippen LogP contribution in [0.1, 0.15) is 0 Å². The van der Waals surface area contributed by atoms with Gasteiger partial charge in [-0.2, -0.15) is 12.7 Å². The van der Waals surface area contributed by atoms with Crippen LogP contribution in [-0.4, -0.2) is 58.4 Å². The van der Waals surface area contributed by atoms with Crippen LogP contribution in [0.2, 0.25) is 0 Å². The third-order valence-electron chi connectivity index (χ3n) is 2.98. The molecule has 9 heteroatoms. The second-order valence-electron chi connectivity index (χ2n) is 4.42. The summed E-state index contributed by atoms with van der Waals surface area (Å²) >= 11 is -2.13. The first kappa shape index (κ1) is 15.4. The van der Waals surface area contributed by atoms with Gasteiger partial charge < -0.3 is 4.55 Å². The monoisotopic (exact) mass is 318 g/mol. The largest absolute Gasteiger partial charge is 0.771 e. The molecule has 1 aliphatic heterocycles. The number of benzene rings is 1. The van der Waals surface area contributed by atoms with Crippen molar-refractivity contribution in [3.8, 4) is 0 Å². The van der Waals surface area contributed by atoms with Gasteiger partial charge in [0.05, 0.1) is 5.88 Å². The van der Waals surface area contributed by atoms with Crippen LogP contribution in [0.5, 0.6) is 0 Å². The zero-order valence-corrected chi connectivity index (χ0v) is 12.4. The topological polar surface area (TPSA) is 92.8 Å². The molecule has 1 aliphatic rings. The quantitative estimate of drug-likeness (QED) is 0.759. The first-order valence-electron chi connectivity index (χ1n) is 6.08. The van der Waals surface area contributed by atoms with E-state index in [4.69, 9.17) is 0 Å². The fourth-order valence-corrected chi connectivity index (χ4v) is 3.73. The Balaban J connectivity index is 1.94. The average molecular weight is 318 g/mol. The maximum absolute atomic E-state index is 12.2. The molecule has 1 fully saturated rings. The SMILES string of the molecule is O=S([O-])CN1CCN(S(=O)(=O)Nc2ccccc2)CC1. The minimum Gasteiger partial charge on any atom is -0.771 e. The smallest absolute Gasteiger partial charge is 0.301 e. The lowest BCUT2D eigenvalue weighted by Gasteiger charge is -2.34. The number of anilines is 1. The van der Waals surface area contributed by atoms with Gasteiger partial charge in [-0.3, -0.25) is 13.8 Å². The summed E-state index contributed by atoms with van der Waals surface area (Å²) < 4.78 is 49.3. The standard InChI is InChI=1S/C11H17N3O4S2/c15-19(16)10-13-6-8-14(9-7-13)20(17,18)12-11-4-2-1-3-5-11/h1-5,12H,6-10H2,(H,15,16)/p-1. The van der Waals surface area contributed by atoms with Gasteiger partial charge in [-0.05, 0) is 23.2 Å². The van der Waals surface area contributed by atoms with Gasteiger partial charge in [0.1, 0.15) is 0 Å². The highest BCUT2D eigenvalue weighted by Gasteiger charge is 2.26. The van der Waals surface area contributed by atoms with Gasteiger partial charge in [0.15, 0.2) is 0 Å². The molecule has 0 saturated carbocycles. The summed E-state index contributed by atoms with van der Waals surface area (Å²) in [7, 11) is -3.59. The maximum atomic E-state index is 12.2. The molecule has 1 atom stereocenters. The van der Waals surface area contributed by atoms with Crippen LogP contribution in [0.15, 0.2) is 30.3 Å². The maximum Gasteiger partial charge on any atom is 0.301 e. The Labute approximate surface area is 121 Å². The van der Waals surface area contributed by atoms with E-state index in [0.717, 1.165) is 0 Å². The Bertz CT molecular complexity index is 556. The van der Waals surface area contributed by atoms with Crippen LogP contribution in [0.25, 0.3) is 0 Å². The molecule has 1 saturated heterocycles. The van der Waals surface area contributed by atoms with E-state index < -0.39 is 21.3 Å². The van der Waals surface area contributed by atoms with Crippen molar-refractivity contribution in [2.45, 2.75) is 0 Å². The number of rotatable bonds is 5. The summed E-state index contributed by atoms with van der Waals surface area (Å²) in [5.74, 6) is -0.0556. The normalized spacial score (nSPS) is 19.6. The molecule has 1 aromatic carbocycles. The van der Waals surface area contributed by atoms with E-state index >= 15 is 0 Å². The predicted octanol–water partition coefficient (Wildman–Crippen LogP) is -0.202. The number of nitrogens with zero attached hydrogens (tertiary/aromatic N) is 2. The molecule has 1 unspecified atom stereocenters. The zero-order chi connectivity index (χ0) is 14.6. The molecule has 112 valence electrons. The molecule has 0 spiro atoms. The van der Waals surface area contributed by atoms with Gasteiger partial charge in [-0.15, -0.1) is 0 Å². The third kappa shape index (κ3) is 4.25. The molecule has 20 heavy (non-hydrogen) atoms. The van der Waals surface area contributed by atoms with Gasteiger partial charge in [0.2, 0.25) is 0 Å².